The van der Waals surface area contributed by atoms with E-state index in [4.69, 9.17) is 0 Å². The highest BCUT2D eigenvalue weighted by atomic mass is 19.4. The van der Waals surface area contributed by atoms with Crippen molar-refractivity contribution < 1.29 is 27.5 Å². The third-order valence-corrected chi connectivity index (χ3v) is 7.41. The second-order valence-electron chi connectivity index (χ2n) is 10.3. The third kappa shape index (κ3) is 7.13. The van der Waals surface area contributed by atoms with E-state index in [1.165, 1.54) is 11.1 Å². The van der Waals surface area contributed by atoms with E-state index in [0.717, 1.165) is 27.8 Å². The minimum absolute atomic E-state index is 0.285. The summed E-state index contributed by atoms with van der Waals surface area (Å²) in [5.74, 6) is -2.74. The average Bonchev–Trinajstić information content (AvgIpc) is 3.36. The Labute approximate surface area is 249 Å². The summed E-state index contributed by atoms with van der Waals surface area (Å²) in [4.78, 5) is 11.7. The molecule has 8 heteroatoms. The van der Waals surface area contributed by atoms with Gasteiger partial charge in [-0.3, -0.25) is 9.80 Å². The van der Waals surface area contributed by atoms with E-state index >= 15 is 0 Å². The van der Waals surface area contributed by atoms with E-state index in [0.29, 0.717) is 23.2 Å². The van der Waals surface area contributed by atoms with Crippen molar-refractivity contribution in [3.8, 4) is 11.1 Å². The molecule has 224 valence electrons. The summed E-state index contributed by atoms with van der Waals surface area (Å²) in [5.41, 5.74) is 4.94. The number of nitrogens with zero attached hydrogens (tertiary/aromatic N) is 2. The van der Waals surface area contributed by atoms with Crippen molar-refractivity contribution in [2.75, 3.05) is 5.01 Å². The van der Waals surface area contributed by atoms with Crippen LogP contribution in [0.15, 0.2) is 96.1 Å². The predicted octanol–water partition coefficient (Wildman–Crippen LogP) is 9.09. The van der Waals surface area contributed by atoms with Crippen molar-refractivity contribution in [3.63, 3.8) is 0 Å². The van der Waals surface area contributed by atoms with Crippen molar-refractivity contribution >= 4 is 17.4 Å². The van der Waals surface area contributed by atoms with Crippen molar-refractivity contribution in [1.29, 1.82) is 0 Å². The fourth-order valence-corrected chi connectivity index (χ4v) is 5.39. The van der Waals surface area contributed by atoms with Crippen LogP contribution in [0.3, 0.4) is 0 Å². The summed E-state index contributed by atoms with van der Waals surface area (Å²) >= 11 is 0. The molecule has 2 atom stereocenters. The van der Waals surface area contributed by atoms with Gasteiger partial charge in [-0.05, 0) is 72.4 Å². The topological polar surface area (TPSA) is 52.9 Å². The van der Waals surface area contributed by atoms with Gasteiger partial charge in [-0.15, -0.1) is 0 Å². The second-order valence-corrected chi connectivity index (χ2v) is 10.3. The molecule has 0 saturated carbocycles. The first-order valence-corrected chi connectivity index (χ1v) is 14.2. The normalized spacial score (nSPS) is 16.4. The Kier molecular flexibility index (Phi) is 9.69. The lowest BCUT2D eigenvalue weighted by atomic mass is 9.86. The van der Waals surface area contributed by atoms with Crippen LogP contribution in [-0.2, 0) is 11.2 Å². The Balaban J connectivity index is 0.00000207. The molecule has 4 aromatic carbocycles. The van der Waals surface area contributed by atoms with E-state index in [-0.39, 0.29) is 5.82 Å². The SMILES string of the molecule is CC.Cc1ccc(F)c(-c2ccc(Cc3ccc(N4N=C(C(F)(F)F)C(c5ccccc5)C4CC(=O)O)cc3)c(C)c2)c1. The maximum absolute atomic E-state index is 14.4. The molecule has 5 rings (SSSR count). The molecule has 0 spiro atoms. The maximum atomic E-state index is 14.4. The molecule has 1 N–H and O–H groups in total. The number of hydrogen-bond donors (Lipinski definition) is 1. The number of anilines is 1. The minimum atomic E-state index is -4.73. The maximum Gasteiger partial charge on any atom is 0.431 e. The number of carboxylic acid groups (broad SMARTS) is 1. The van der Waals surface area contributed by atoms with Gasteiger partial charge < -0.3 is 5.11 Å². The first-order chi connectivity index (χ1) is 20.5. The smallest absolute Gasteiger partial charge is 0.431 e. The molecule has 0 fully saturated rings. The van der Waals surface area contributed by atoms with Crippen molar-refractivity contribution in [3.05, 3.63) is 125 Å². The molecule has 0 saturated heterocycles. The minimum Gasteiger partial charge on any atom is -0.481 e. The predicted molar refractivity (Wildman–Crippen MR) is 163 cm³/mol. The van der Waals surface area contributed by atoms with E-state index < -0.39 is 36.2 Å². The zero-order chi connectivity index (χ0) is 31.3. The van der Waals surface area contributed by atoms with Gasteiger partial charge in [0, 0.05) is 5.56 Å². The van der Waals surface area contributed by atoms with E-state index in [1.54, 1.807) is 60.7 Å². The molecule has 1 aliphatic rings. The molecule has 2 unspecified atom stereocenters. The summed E-state index contributed by atoms with van der Waals surface area (Å²) in [7, 11) is 0. The van der Waals surface area contributed by atoms with Crippen LogP contribution in [0.4, 0.5) is 23.2 Å². The molecule has 0 amide bonds. The molecule has 43 heavy (non-hydrogen) atoms. The van der Waals surface area contributed by atoms with Crippen LogP contribution < -0.4 is 5.01 Å². The fourth-order valence-electron chi connectivity index (χ4n) is 5.39. The molecular weight excluding hydrogens is 556 g/mol. The number of benzene rings is 4. The van der Waals surface area contributed by atoms with Gasteiger partial charge in [0.15, 0.2) is 5.71 Å². The van der Waals surface area contributed by atoms with Gasteiger partial charge in [-0.25, -0.2) is 4.39 Å². The van der Waals surface area contributed by atoms with Gasteiger partial charge in [-0.2, -0.15) is 18.3 Å². The summed E-state index contributed by atoms with van der Waals surface area (Å²) in [6, 6.07) is 24.8. The van der Waals surface area contributed by atoms with Crippen LogP contribution in [-0.4, -0.2) is 29.0 Å². The lowest BCUT2D eigenvalue weighted by Crippen LogP contribution is -2.37. The number of hydrogen-bond acceptors (Lipinski definition) is 3. The molecule has 0 bridgehead atoms. The number of halogens is 4. The monoisotopic (exact) mass is 590 g/mol. The highest BCUT2D eigenvalue weighted by molar-refractivity contribution is 6.00. The highest BCUT2D eigenvalue weighted by Crippen LogP contribution is 2.42. The van der Waals surface area contributed by atoms with Crippen LogP contribution in [0.5, 0.6) is 0 Å². The van der Waals surface area contributed by atoms with E-state index in [9.17, 15) is 27.5 Å². The van der Waals surface area contributed by atoms with Crippen molar-refractivity contribution in [2.45, 2.75) is 58.7 Å². The molecule has 0 aromatic heterocycles. The summed E-state index contributed by atoms with van der Waals surface area (Å²) in [6.45, 7) is 7.87. The zero-order valence-corrected chi connectivity index (χ0v) is 24.5. The molecule has 0 radical (unpaired) electrons. The van der Waals surface area contributed by atoms with E-state index in [2.05, 4.69) is 5.10 Å². The Bertz CT molecular complexity index is 1600. The van der Waals surface area contributed by atoms with Gasteiger partial charge in [0.25, 0.3) is 0 Å². The van der Waals surface area contributed by atoms with E-state index in [1.807, 2.05) is 52.0 Å². The number of hydrazone groups is 1. The Morgan fingerprint density at radius 3 is 2.19 bits per heavy atom. The van der Waals surface area contributed by atoms with Gasteiger partial charge >= 0.3 is 12.1 Å². The number of rotatable bonds is 7. The number of carboxylic acids is 1. The van der Waals surface area contributed by atoms with Crippen LogP contribution in [0.2, 0.25) is 0 Å². The summed E-state index contributed by atoms with van der Waals surface area (Å²) in [5, 5.41) is 14.7. The molecular formula is C35H34F4N2O2. The molecule has 1 heterocycles. The number of carbonyl (C=O) groups is 1. The van der Waals surface area contributed by atoms with Gasteiger partial charge in [-0.1, -0.05) is 86.1 Å². The van der Waals surface area contributed by atoms with Crippen LogP contribution in [0, 0.1) is 19.7 Å². The average molecular weight is 591 g/mol. The zero-order valence-electron chi connectivity index (χ0n) is 24.5. The lowest BCUT2D eigenvalue weighted by Gasteiger charge is -2.27. The first kappa shape index (κ1) is 31.5. The quantitative estimate of drug-likeness (QED) is 0.219. The second kappa shape index (κ2) is 13.2. The van der Waals surface area contributed by atoms with Crippen LogP contribution in [0.25, 0.3) is 11.1 Å². The van der Waals surface area contributed by atoms with Gasteiger partial charge in [0.05, 0.1) is 24.1 Å². The summed E-state index contributed by atoms with van der Waals surface area (Å²) in [6.07, 6.45) is -4.68. The Hall–Kier alpha value is -4.46. The number of alkyl halides is 3. The first-order valence-electron chi connectivity index (χ1n) is 14.2. The Morgan fingerprint density at radius 1 is 0.907 bits per heavy atom. The van der Waals surface area contributed by atoms with Crippen molar-refractivity contribution in [1.82, 2.24) is 0 Å². The van der Waals surface area contributed by atoms with Crippen LogP contribution >= 0.6 is 0 Å². The molecule has 4 aromatic rings. The largest absolute Gasteiger partial charge is 0.481 e. The molecule has 0 aliphatic carbocycles. The fraction of sp³-hybridized carbons (Fsp3) is 0.257. The lowest BCUT2D eigenvalue weighted by molar-refractivity contribution is -0.137. The Morgan fingerprint density at radius 2 is 1.58 bits per heavy atom. The van der Waals surface area contributed by atoms with Gasteiger partial charge in [0.1, 0.15) is 5.82 Å². The number of aryl methyl sites for hydroxylation is 2. The highest BCUT2D eigenvalue weighted by Gasteiger charge is 2.51. The molecule has 4 nitrogen and oxygen atoms in total. The summed E-state index contributed by atoms with van der Waals surface area (Å²) < 4.78 is 56.7. The van der Waals surface area contributed by atoms with Crippen molar-refractivity contribution in [2.24, 2.45) is 5.10 Å². The third-order valence-electron chi connectivity index (χ3n) is 7.41. The number of aliphatic carboxylic acids is 1. The van der Waals surface area contributed by atoms with Crippen LogP contribution in [0.1, 0.15) is 54.0 Å². The standard InChI is InChI=1S/C33H28F4N2O2.C2H6/c1-20-8-15-28(34)27(16-20)25-12-11-24(21(2)17-25)18-22-9-13-26(14-10-22)39-29(19-30(40)41)31(23-6-4-3-5-7-23)32(38-39)33(35,36)37;1-2/h3-17,29,31H,18-19H2,1-2H3,(H,40,41);1-2H3. The molecule has 1 aliphatic heterocycles. The van der Waals surface area contributed by atoms with Gasteiger partial charge in [0.2, 0.25) is 0 Å².